The van der Waals surface area contributed by atoms with Crippen LogP contribution in [-0.2, 0) is 17.8 Å². The standard InChI is InChI=1S/C29H31F3O3/c1-5-20-16-22(17-25-26(20)23-8-6-7-9-24(23)27(25)29(30,31)32)34-15-14-28(2,3)35-18-19-10-12-21(33-4)13-11-19/h6-13,16-17,27H,5,14-15,18H2,1-4H3. The number of aryl methyl sites for hydroxylation is 1. The van der Waals surface area contributed by atoms with Crippen LogP contribution in [0.3, 0.4) is 0 Å². The summed E-state index contributed by atoms with van der Waals surface area (Å²) < 4.78 is 59.5. The molecule has 186 valence electrons. The lowest BCUT2D eigenvalue weighted by Gasteiger charge is -2.26. The maximum Gasteiger partial charge on any atom is 0.399 e. The van der Waals surface area contributed by atoms with Crippen LogP contribution in [0.5, 0.6) is 11.5 Å². The molecule has 35 heavy (non-hydrogen) atoms. The molecule has 3 nitrogen and oxygen atoms in total. The van der Waals surface area contributed by atoms with Gasteiger partial charge in [0.15, 0.2) is 0 Å². The Kier molecular flexibility index (Phi) is 7.13. The molecule has 0 saturated heterocycles. The van der Waals surface area contributed by atoms with Gasteiger partial charge in [-0.25, -0.2) is 0 Å². The molecule has 0 bridgehead atoms. The van der Waals surface area contributed by atoms with Crippen LogP contribution in [-0.4, -0.2) is 25.5 Å². The molecule has 0 fully saturated rings. The van der Waals surface area contributed by atoms with Crippen molar-refractivity contribution in [3.8, 4) is 22.6 Å². The summed E-state index contributed by atoms with van der Waals surface area (Å²) in [6.07, 6.45) is -3.16. The molecular weight excluding hydrogens is 453 g/mol. The molecule has 0 heterocycles. The number of fused-ring (bicyclic) bond motifs is 3. The molecule has 0 radical (unpaired) electrons. The summed E-state index contributed by atoms with van der Waals surface area (Å²) in [6, 6.07) is 17.9. The molecule has 6 heteroatoms. The number of benzene rings is 3. The fourth-order valence-electron chi connectivity index (χ4n) is 4.60. The van der Waals surface area contributed by atoms with Crippen LogP contribution < -0.4 is 9.47 Å². The minimum Gasteiger partial charge on any atom is -0.497 e. The normalized spacial score (nSPS) is 15.0. The Labute approximate surface area is 204 Å². The quantitative estimate of drug-likeness (QED) is 0.312. The summed E-state index contributed by atoms with van der Waals surface area (Å²) >= 11 is 0. The minimum absolute atomic E-state index is 0.281. The lowest BCUT2D eigenvalue weighted by atomic mass is 9.94. The van der Waals surface area contributed by atoms with Gasteiger partial charge in [-0.15, -0.1) is 0 Å². The number of rotatable bonds is 9. The van der Waals surface area contributed by atoms with Crippen LogP contribution in [0.2, 0.25) is 0 Å². The fourth-order valence-corrected chi connectivity index (χ4v) is 4.60. The van der Waals surface area contributed by atoms with Crippen molar-refractivity contribution in [3.05, 3.63) is 82.9 Å². The van der Waals surface area contributed by atoms with Gasteiger partial charge in [-0.05, 0) is 77.9 Å². The molecule has 0 aliphatic heterocycles. The van der Waals surface area contributed by atoms with E-state index in [1.54, 1.807) is 37.4 Å². The van der Waals surface area contributed by atoms with Gasteiger partial charge in [0.25, 0.3) is 0 Å². The van der Waals surface area contributed by atoms with Gasteiger partial charge in [0, 0.05) is 6.42 Å². The van der Waals surface area contributed by atoms with Crippen LogP contribution in [0.15, 0.2) is 60.7 Å². The van der Waals surface area contributed by atoms with E-state index in [4.69, 9.17) is 14.2 Å². The fraction of sp³-hybridized carbons (Fsp3) is 0.379. The van der Waals surface area contributed by atoms with E-state index >= 15 is 0 Å². The molecule has 0 saturated carbocycles. The summed E-state index contributed by atoms with van der Waals surface area (Å²) in [5.41, 5.74) is 3.39. The van der Waals surface area contributed by atoms with Gasteiger partial charge < -0.3 is 14.2 Å². The topological polar surface area (TPSA) is 27.7 Å². The zero-order valence-electron chi connectivity index (χ0n) is 20.5. The van der Waals surface area contributed by atoms with E-state index in [9.17, 15) is 13.2 Å². The van der Waals surface area contributed by atoms with E-state index in [2.05, 4.69) is 0 Å². The highest BCUT2D eigenvalue weighted by molar-refractivity contribution is 5.82. The molecule has 1 atom stereocenters. The van der Waals surface area contributed by atoms with Crippen molar-refractivity contribution in [2.24, 2.45) is 0 Å². The Balaban J connectivity index is 1.46. The number of methoxy groups -OCH3 is 1. The summed E-state index contributed by atoms with van der Waals surface area (Å²) in [4.78, 5) is 0. The van der Waals surface area contributed by atoms with Gasteiger partial charge >= 0.3 is 6.18 Å². The Bertz CT molecular complexity index is 1170. The summed E-state index contributed by atoms with van der Waals surface area (Å²) in [5.74, 6) is -0.376. The lowest BCUT2D eigenvalue weighted by Crippen LogP contribution is -2.27. The van der Waals surface area contributed by atoms with E-state index in [-0.39, 0.29) is 5.56 Å². The third-order valence-electron chi connectivity index (χ3n) is 6.55. The van der Waals surface area contributed by atoms with E-state index in [0.29, 0.717) is 48.5 Å². The second-order valence-electron chi connectivity index (χ2n) is 9.46. The second-order valence-corrected chi connectivity index (χ2v) is 9.46. The summed E-state index contributed by atoms with van der Waals surface area (Å²) in [6.45, 7) is 6.70. The van der Waals surface area contributed by atoms with Crippen molar-refractivity contribution >= 4 is 0 Å². The van der Waals surface area contributed by atoms with Crippen LogP contribution >= 0.6 is 0 Å². The highest BCUT2D eigenvalue weighted by Crippen LogP contribution is 2.54. The van der Waals surface area contributed by atoms with Crippen molar-refractivity contribution in [3.63, 3.8) is 0 Å². The van der Waals surface area contributed by atoms with E-state index in [1.165, 1.54) is 0 Å². The largest absolute Gasteiger partial charge is 0.497 e. The first-order chi connectivity index (χ1) is 16.6. The monoisotopic (exact) mass is 484 g/mol. The Morgan fingerprint density at radius 3 is 2.26 bits per heavy atom. The molecule has 1 unspecified atom stereocenters. The molecule has 0 spiro atoms. The van der Waals surface area contributed by atoms with Gasteiger partial charge in [-0.1, -0.05) is 43.3 Å². The molecule has 0 amide bonds. The van der Waals surface area contributed by atoms with E-state index in [1.807, 2.05) is 51.1 Å². The van der Waals surface area contributed by atoms with E-state index < -0.39 is 17.7 Å². The van der Waals surface area contributed by atoms with Crippen LogP contribution in [0.4, 0.5) is 13.2 Å². The first-order valence-electron chi connectivity index (χ1n) is 11.9. The van der Waals surface area contributed by atoms with Crippen molar-refractivity contribution in [1.82, 2.24) is 0 Å². The predicted molar refractivity (Wildman–Crippen MR) is 131 cm³/mol. The zero-order chi connectivity index (χ0) is 25.2. The van der Waals surface area contributed by atoms with Crippen LogP contribution in [0.25, 0.3) is 11.1 Å². The summed E-state index contributed by atoms with van der Waals surface area (Å²) in [5, 5.41) is 0. The predicted octanol–water partition coefficient (Wildman–Crippen LogP) is 7.70. The van der Waals surface area contributed by atoms with Crippen molar-refractivity contribution in [2.75, 3.05) is 13.7 Å². The average Bonchev–Trinajstić information content (AvgIpc) is 3.17. The van der Waals surface area contributed by atoms with Crippen molar-refractivity contribution in [2.45, 2.75) is 57.9 Å². The minimum atomic E-state index is -4.37. The first kappa shape index (κ1) is 25.1. The number of hydrogen-bond acceptors (Lipinski definition) is 3. The molecular formula is C29H31F3O3. The SMILES string of the molecule is CCc1cc(OCCC(C)(C)OCc2ccc(OC)cc2)cc2c1-c1ccccc1C2C(F)(F)F. The van der Waals surface area contributed by atoms with Gasteiger partial charge in [0.1, 0.15) is 17.4 Å². The number of ether oxygens (including phenoxy) is 3. The average molecular weight is 485 g/mol. The second kappa shape index (κ2) is 9.94. The zero-order valence-corrected chi connectivity index (χ0v) is 20.5. The van der Waals surface area contributed by atoms with Gasteiger partial charge in [-0.2, -0.15) is 13.2 Å². The van der Waals surface area contributed by atoms with Gasteiger partial charge in [-0.3, -0.25) is 0 Å². The molecule has 0 N–H and O–H groups in total. The molecule has 1 aliphatic carbocycles. The molecule has 3 aromatic rings. The Morgan fingerprint density at radius 1 is 0.886 bits per heavy atom. The number of alkyl halides is 3. The molecule has 1 aliphatic rings. The third-order valence-corrected chi connectivity index (χ3v) is 6.55. The van der Waals surface area contributed by atoms with Crippen LogP contribution in [0.1, 0.15) is 55.4 Å². The van der Waals surface area contributed by atoms with Crippen molar-refractivity contribution < 1.29 is 27.4 Å². The van der Waals surface area contributed by atoms with E-state index in [0.717, 1.165) is 16.9 Å². The lowest BCUT2D eigenvalue weighted by molar-refractivity contribution is -0.140. The summed E-state index contributed by atoms with van der Waals surface area (Å²) in [7, 11) is 1.63. The van der Waals surface area contributed by atoms with Crippen molar-refractivity contribution in [1.29, 1.82) is 0 Å². The number of halogens is 3. The first-order valence-corrected chi connectivity index (χ1v) is 11.9. The maximum atomic E-state index is 14.1. The Hall–Kier alpha value is -2.99. The Morgan fingerprint density at radius 2 is 1.60 bits per heavy atom. The van der Waals surface area contributed by atoms with Gasteiger partial charge in [0.05, 0.1) is 25.9 Å². The molecule has 0 aromatic heterocycles. The van der Waals surface area contributed by atoms with Gasteiger partial charge in [0.2, 0.25) is 0 Å². The highest BCUT2D eigenvalue weighted by Gasteiger charge is 2.48. The number of hydrogen-bond donors (Lipinski definition) is 0. The third kappa shape index (κ3) is 5.48. The maximum absolute atomic E-state index is 14.1. The molecule has 3 aromatic carbocycles. The highest BCUT2D eigenvalue weighted by atomic mass is 19.4. The molecule has 4 rings (SSSR count). The van der Waals surface area contributed by atoms with Crippen LogP contribution in [0, 0.1) is 0 Å². The smallest absolute Gasteiger partial charge is 0.399 e.